The molecule has 0 saturated carbocycles. The summed E-state index contributed by atoms with van der Waals surface area (Å²) in [7, 11) is 0. The third-order valence-electron chi connectivity index (χ3n) is 6.01. The first-order chi connectivity index (χ1) is 16.9. The molecule has 0 atom stereocenters. The minimum absolute atomic E-state index is 0.0715. The highest BCUT2D eigenvalue weighted by molar-refractivity contribution is 5.87. The number of rotatable bonds is 12. The molecule has 4 nitrogen and oxygen atoms in total. The van der Waals surface area contributed by atoms with Crippen molar-refractivity contribution in [3.63, 3.8) is 0 Å². The van der Waals surface area contributed by atoms with Crippen molar-refractivity contribution in [2.24, 2.45) is 0 Å². The van der Waals surface area contributed by atoms with Crippen LogP contribution < -0.4 is 4.74 Å². The number of hydrogen-bond donors (Lipinski definition) is 1. The van der Waals surface area contributed by atoms with Gasteiger partial charge in [-0.05, 0) is 72.2 Å². The number of aryl methyl sites for hydroxylation is 2. The van der Waals surface area contributed by atoms with Gasteiger partial charge in [0.2, 0.25) is 0 Å². The van der Waals surface area contributed by atoms with Crippen molar-refractivity contribution in [3.8, 4) is 28.0 Å². The van der Waals surface area contributed by atoms with E-state index in [-0.39, 0.29) is 19.8 Å². The Bertz CT molecular complexity index is 1150. The molecule has 3 aromatic rings. The van der Waals surface area contributed by atoms with Crippen molar-refractivity contribution in [1.82, 2.24) is 0 Å². The second-order valence-electron chi connectivity index (χ2n) is 8.93. The molecule has 1 N–H and O–H groups in total. The smallest absolute Gasteiger partial charge is 0.333 e. The molecular formula is C31H36O4. The van der Waals surface area contributed by atoms with E-state index >= 15 is 0 Å². The Kier molecular flexibility index (Phi) is 9.68. The molecule has 4 heteroatoms. The van der Waals surface area contributed by atoms with E-state index < -0.39 is 5.97 Å². The molecular weight excluding hydrogens is 436 g/mol. The minimum Gasteiger partial charge on any atom is -0.491 e. The Morgan fingerprint density at radius 2 is 1.66 bits per heavy atom. The number of esters is 1. The van der Waals surface area contributed by atoms with Crippen molar-refractivity contribution >= 4 is 5.97 Å². The largest absolute Gasteiger partial charge is 0.491 e. The maximum Gasteiger partial charge on any atom is 0.333 e. The summed E-state index contributed by atoms with van der Waals surface area (Å²) in [6, 6.07) is 21.2. The van der Waals surface area contributed by atoms with Gasteiger partial charge >= 0.3 is 5.97 Å². The van der Waals surface area contributed by atoms with Gasteiger partial charge in [0.1, 0.15) is 19.0 Å². The normalized spacial score (nSPS) is 10.7. The number of ether oxygens (including phenoxy) is 2. The summed E-state index contributed by atoms with van der Waals surface area (Å²) in [5.41, 5.74) is 8.14. The molecule has 0 unspecified atom stereocenters. The third kappa shape index (κ3) is 7.30. The van der Waals surface area contributed by atoms with Crippen LogP contribution in [0.2, 0.25) is 0 Å². The van der Waals surface area contributed by atoms with Crippen LogP contribution in [0.3, 0.4) is 0 Å². The van der Waals surface area contributed by atoms with E-state index in [2.05, 4.69) is 62.9 Å². The number of carbonyl (C=O) groups excluding carboxylic acids is 1. The van der Waals surface area contributed by atoms with Gasteiger partial charge in [0.15, 0.2) is 0 Å². The molecule has 0 aliphatic heterocycles. The molecule has 3 rings (SSSR count). The predicted octanol–water partition coefficient (Wildman–Crippen LogP) is 7.05. The van der Waals surface area contributed by atoms with Crippen LogP contribution in [0.1, 0.15) is 49.8 Å². The number of hydrogen-bond acceptors (Lipinski definition) is 4. The highest BCUT2D eigenvalue weighted by atomic mass is 16.5. The molecule has 0 aromatic heterocycles. The summed E-state index contributed by atoms with van der Waals surface area (Å²) in [6.07, 6.45) is 4.88. The molecule has 35 heavy (non-hydrogen) atoms. The first-order valence-corrected chi connectivity index (χ1v) is 12.3. The molecule has 0 heterocycles. The number of aliphatic hydroxyl groups is 1. The number of carbonyl (C=O) groups is 1. The monoisotopic (exact) mass is 472 g/mol. The van der Waals surface area contributed by atoms with Gasteiger partial charge in [0, 0.05) is 11.1 Å². The zero-order valence-corrected chi connectivity index (χ0v) is 21.1. The molecule has 0 saturated heterocycles. The molecule has 0 amide bonds. The lowest BCUT2D eigenvalue weighted by molar-refractivity contribution is -0.140. The van der Waals surface area contributed by atoms with E-state index in [1.165, 1.54) is 36.0 Å². The van der Waals surface area contributed by atoms with Crippen molar-refractivity contribution in [2.45, 2.75) is 53.1 Å². The van der Waals surface area contributed by atoms with Crippen molar-refractivity contribution < 1.29 is 19.4 Å². The lowest BCUT2D eigenvalue weighted by Gasteiger charge is -2.15. The van der Waals surface area contributed by atoms with E-state index in [1.54, 1.807) is 6.92 Å². The lowest BCUT2D eigenvalue weighted by atomic mass is 9.94. The van der Waals surface area contributed by atoms with Crippen LogP contribution in [0.25, 0.3) is 22.3 Å². The van der Waals surface area contributed by atoms with E-state index in [4.69, 9.17) is 14.6 Å². The van der Waals surface area contributed by atoms with Crippen LogP contribution in [0.4, 0.5) is 0 Å². The molecule has 0 aliphatic carbocycles. The Morgan fingerprint density at radius 3 is 2.31 bits per heavy atom. The number of aliphatic hydroxyl groups excluding tert-OH is 1. The van der Waals surface area contributed by atoms with E-state index in [1.807, 2.05) is 18.2 Å². The molecule has 0 spiro atoms. The minimum atomic E-state index is -0.444. The van der Waals surface area contributed by atoms with Gasteiger partial charge in [-0.3, -0.25) is 0 Å². The Morgan fingerprint density at radius 1 is 0.943 bits per heavy atom. The fraction of sp³-hybridized carbons (Fsp3) is 0.323. The van der Waals surface area contributed by atoms with E-state index in [9.17, 15) is 4.79 Å². The Labute approximate surface area is 209 Å². The van der Waals surface area contributed by atoms with Gasteiger partial charge in [-0.1, -0.05) is 74.9 Å². The highest BCUT2D eigenvalue weighted by Crippen LogP contribution is 2.32. The molecule has 184 valence electrons. The standard InChI is InChI=1S/C31H36O4/c1-5-6-7-8-24-9-11-25(12-10-24)26-13-15-29(23(4)19-26)27-14-16-30(34-18-17-32)28(20-27)21-35-31(33)22(2)3/h9-16,19-20,32H,2,5-8,17-18,21H2,1,3-4H3. The Balaban J connectivity index is 1.83. The highest BCUT2D eigenvalue weighted by Gasteiger charge is 2.12. The van der Waals surface area contributed by atoms with Crippen molar-refractivity contribution in [2.75, 3.05) is 13.2 Å². The third-order valence-corrected chi connectivity index (χ3v) is 6.01. The molecule has 0 aliphatic rings. The topological polar surface area (TPSA) is 55.8 Å². The van der Waals surface area contributed by atoms with Gasteiger partial charge < -0.3 is 14.6 Å². The molecule has 3 aromatic carbocycles. The van der Waals surface area contributed by atoms with Crippen LogP contribution in [0.5, 0.6) is 5.75 Å². The number of unbranched alkanes of at least 4 members (excludes halogenated alkanes) is 2. The van der Waals surface area contributed by atoms with Crippen molar-refractivity contribution in [3.05, 3.63) is 89.5 Å². The summed E-state index contributed by atoms with van der Waals surface area (Å²) in [5, 5.41) is 9.14. The average molecular weight is 473 g/mol. The fourth-order valence-corrected chi connectivity index (χ4v) is 4.03. The van der Waals surface area contributed by atoms with E-state index in [0.29, 0.717) is 11.3 Å². The number of benzene rings is 3. The van der Waals surface area contributed by atoms with Gasteiger partial charge in [-0.2, -0.15) is 0 Å². The second kappa shape index (κ2) is 12.9. The van der Waals surface area contributed by atoms with Crippen LogP contribution in [-0.2, 0) is 22.6 Å². The van der Waals surface area contributed by atoms with Gasteiger partial charge in [0.25, 0.3) is 0 Å². The maximum atomic E-state index is 11.9. The van der Waals surface area contributed by atoms with Crippen LogP contribution in [0, 0.1) is 6.92 Å². The second-order valence-corrected chi connectivity index (χ2v) is 8.93. The summed E-state index contributed by atoms with van der Waals surface area (Å²) in [6.45, 7) is 9.74. The van der Waals surface area contributed by atoms with Gasteiger partial charge in [-0.25, -0.2) is 4.79 Å². The van der Waals surface area contributed by atoms with Crippen LogP contribution >= 0.6 is 0 Å². The molecule has 0 radical (unpaired) electrons. The summed E-state index contributed by atoms with van der Waals surface area (Å²) >= 11 is 0. The van der Waals surface area contributed by atoms with Crippen LogP contribution in [0.15, 0.2) is 72.8 Å². The summed E-state index contributed by atoms with van der Waals surface area (Å²) < 4.78 is 11.0. The lowest BCUT2D eigenvalue weighted by Crippen LogP contribution is -2.08. The van der Waals surface area contributed by atoms with E-state index in [0.717, 1.165) is 28.7 Å². The first-order valence-electron chi connectivity index (χ1n) is 12.3. The summed E-state index contributed by atoms with van der Waals surface area (Å²) in [5.74, 6) is 0.144. The zero-order valence-electron chi connectivity index (χ0n) is 21.1. The Hall–Kier alpha value is -3.37. The summed E-state index contributed by atoms with van der Waals surface area (Å²) in [4.78, 5) is 11.9. The predicted molar refractivity (Wildman–Crippen MR) is 142 cm³/mol. The van der Waals surface area contributed by atoms with Crippen LogP contribution in [-0.4, -0.2) is 24.3 Å². The molecule has 0 bridgehead atoms. The fourth-order valence-electron chi connectivity index (χ4n) is 4.03. The van der Waals surface area contributed by atoms with Crippen molar-refractivity contribution in [1.29, 1.82) is 0 Å². The average Bonchev–Trinajstić information content (AvgIpc) is 2.86. The van der Waals surface area contributed by atoms with Gasteiger partial charge in [-0.15, -0.1) is 0 Å². The maximum absolute atomic E-state index is 11.9. The first kappa shape index (κ1) is 26.2. The SMILES string of the molecule is C=C(C)C(=O)OCc1cc(-c2ccc(-c3ccc(CCCCC)cc3)cc2C)ccc1OCCO. The van der Waals surface area contributed by atoms with Gasteiger partial charge in [0.05, 0.1) is 6.61 Å². The quantitative estimate of drug-likeness (QED) is 0.174. The zero-order chi connectivity index (χ0) is 25.2. The molecule has 0 fully saturated rings.